The first-order chi connectivity index (χ1) is 12.5. The minimum absolute atomic E-state index is 0.316. The summed E-state index contributed by atoms with van der Waals surface area (Å²) in [6, 6.07) is 2.36. The molecule has 0 saturated heterocycles. The summed E-state index contributed by atoms with van der Waals surface area (Å²) in [6.07, 6.45) is 4.28. The molecule has 26 heavy (non-hydrogen) atoms. The Hall–Kier alpha value is -2.39. The van der Waals surface area contributed by atoms with Crippen molar-refractivity contribution in [3.8, 4) is 17.5 Å². The molecule has 136 valence electrons. The number of rotatable bonds is 4. The molecule has 1 saturated carbocycles. The predicted molar refractivity (Wildman–Crippen MR) is 103 cm³/mol. The smallest absolute Gasteiger partial charge is 0.340 e. The molecule has 0 aliphatic heterocycles. The van der Waals surface area contributed by atoms with E-state index in [2.05, 4.69) is 11.1 Å². The molecule has 0 bridgehead atoms. The van der Waals surface area contributed by atoms with Gasteiger partial charge in [0.15, 0.2) is 0 Å². The second-order valence-electron chi connectivity index (χ2n) is 6.57. The maximum Gasteiger partial charge on any atom is 0.340 e. The quantitative estimate of drug-likeness (QED) is 0.601. The Morgan fingerprint density at radius 1 is 1.31 bits per heavy atom. The number of aromatic amines is 1. The summed E-state index contributed by atoms with van der Waals surface area (Å²) in [7, 11) is 0. The van der Waals surface area contributed by atoms with E-state index >= 15 is 0 Å². The van der Waals surface area contributed by atoms with Crippen LogP contribution in [0.1, 0.15) is 64.1 Å². The molecule has 2 aromatic rings. The molecule has 0 atom stereocenters. The van der Waals surface area contributed by atoms with E-state index in [-0.39, 0.29) is 5.97 Å². The highest BCUT2D eigenvalue weighted by molar-refractivity contribution is 7.13. The molecule has 0 aromatic carbocycles. The Kier molecular flexibility index (Phi) is 5.28. The number of ether oxygens (including phenoxy) is 1. The lowest BCUT2D eigenvalue weighted by molar-refractivity contribution is 0.0525. The first-order valence-corrected chi connectivity index (χ1v) is 9.76. The van der Waals surface area contributed by atoms with Gasteiger partial charge in [-0.2, -0.15) is 5.26 Å². The van der Waals surface area contributed by atoms with Gasteiger partial charge in [-0.15, -0.1) is 11.3 Å². The van der Waals surface area contributed by atoms with Gasteiger partial charge in [0.25, 0.3) is 0 Å². The average Bonchev–Trinajstić information content (AvgIpc) is 3.30. The van der Waals surface area contributed by atoms with E-state index in [4.69, 9.17) is 9.72 Å². The minimum atomic E-state index is -0.316. The number of nitrogens with one attached hydrogen (secondary N) is 1. The zero-order valence-corrected chi connectivity index (χ0v) is 16.5. The zero-order chi connectivity index (χ0) is 18.8. The molecule has 2 aromatic heterocycles. The van der Waals surface area contributed by atoms with Crippen LogP contribution in [0.2, 0.25) is 0 Å². The molecule has 0 unspecified atom stereocenters. The topological polar surface area (TPSA) is 78.8 Å². The van der Waals surface area contributed by atoms with Crippen molar-refractivity contribution in [3.05, 3.63) is 32.3 Å². The van der Waals surface area contributed by atoms with Gasteiger partial charge in [-0.1, -0.05) is 0 Å². The molecule has 0 radical (unpaired) electrons. The van der Waals surface area contributed by atoms with Crippen molar-refractivity contribution < 1.29 is 9.53 Å². The summed E-state index contributed by atoms with van der Waals surface area (Å²) in [5.41, 5.74) is 5.79. The van der Waals surface area contributed by atoms with E-state index in [9.17, 15) is 10.1 Å². The Bertz CT molecular complexity index is 920. The number of carbonyl (C=O) groups excluding carboxylic acids is 1. The predicted octanol–water partition coefficient (Wildman–Crippen LogP) is 5.09. The van der Waals surface area contributed by atoms with Gasteiger partial charge in [-0.05, 0) is 64.5 Å². The fraction of sp³-hybridized carbons (Fsp3) is 0.450. The van der Waals surface area contributed by atoms with E-state index in [1.165, 1.54) is 5.57 Å². The molecular weight excluding hydrogens is 346 g/mol. The molecule has 0 amide bonds. The van der Waals surface area contributed by atoms with Crippen molar-refractivity contribution in [1.29, 1.82) is 5.26 Å². The van der Waals surface area contributed by atoms with Crippen molar-refractivity contribution in [2.24, 2.45) is 0 Å². The highest BCUT2D eigenvalue weighted by atomic mass is 32.1. The minimum Gasteiger partial charge on any atom is -0.462 e. The van der Waals surface area contributed by atoms with Gasteiger partial charge in [0.1, 0.15) is 16.8 Å². The SMILES string of the molecule is CCOC(=O)c1c(C)[nH]c(-c2nc(C(C#N)=C3CCCC3)sc2C)c1C. The molecule has 3 rings (SSSR count). The van der Waals surface area contributed by atoms with Crippen molar-refractivity contribution in [3.63, 3.8) is 0 Å². The maximum absolute atomic E-state index is 12.2. The van der Waals surface area contributed by atoms with Crippen LogP contribution in [-0.2, 0) is 4.74 Å². The lowest BCUT2D eigenvalue weighted by Crippen LogP contribution is -2.06. The second-order valence-corrected chi connectivity index (χ2v) is 7.77. The van der Waals surface area contributed by atoms with Gasteiger partial charge >= 0.3 is 5.97 Å². The normalized spacial score (nSPS) is 13.7. The van der Waals surface area contributed by atoms with Gasteiger partial charge in [0, 0.05) is 10.6 Å². The van der Waals surface area contributed by atoms with Crippen molar-refractivity contribution in [2.75, 3.05) is 6.61 Å². The monoisotopic (exact) mass is 369 g/mol. The fourth-order valence-electron chi connectivity index (χ4n) is 3.56. The fourth-order valence-corrected chi connectivity index (χ4v) is 4.52. The van der Waals surface area contributed by atoms with Crippen LogP contribution >= 0.6 is 11.3 Å². The third kappa shape index (κ3) is 3.19. The van der Waals surface area contributed by atoms with Crippen LogP contribution < -0.4 is 0 Å². The largest absolute Gasteiger partial charge is 0.462 e. The van der Waals surface area contributed by atoms with Gasteiger partial charge in [-0.25, -0.2) is 9.78 Å². The number of allylic oxidation sites excluding steroid dienone is 2. The number of hydrogen-bond donors (Lipinski definition) is 1. The van der Waals surface area contributed by atoms with Gasteiger partial charge in [0.2, 0.25) is 0 Å². The number of nitrogens with zero attached hydrogens (tertiary/aromatic N) is 2. The first kappa shape index (κ1) is 18.4. The second kappa shape index (κ2) is 7.46. The molecular formula is C20H23N3O2S. The van der Waals surface area contributed by atoms with Gasteiger partial charge in [-0.3, -0.25) is 0 Å². The molecule has 1 aliphatic carbocycles. The number of thiazole rings is 1. The number of hydrogen-bond acceptors (Lipinski definition) is 5. The summed E-state index contributed by atoms with van der Waals surface area (Å²) in [5.74, 6) is -0.316. The van der Waals surface area contributed by atoms with E-state index in [0.29, 0.717) is 12.2 Å². The molecule has 2 heterocycles. The van der Waals surface area contributed by atoms with Crippen LogP contribution in [0, 0.1) is 32.1 Å². The highest BCUT2D eigenvalue weighted by Crippen LogP contribution is 2.37. The summed E-state index contributed by atoms with van der Waals surface area (Å²) in [5, 5.41) is 10.4. The summed E-state index contributed by atoms with van der Waals surface area (Å²) in [6.45, 7) is 7.92. The van der Waals surface area contributed by atoms with Crippen LogP contribution in [-0.4, -0.2) is 22.5 Å². The number of aryl methyl sites for hydroxylation is 2. The molecule has 1 aliphatic rings. The highest BCUT2D eigenvalue weighted by Gasteiger charge is 2.24. The Balaban J connectivity index is 2.06. The molecule has 1 N–H and O–H groups in total. The summed E-state index contributed by atoms with van der Waals surface area (Å²) in [4.78, 5) is 21.3. The number of aromatic nitrogens is 2. The maximum atomic E-state index is 12.2. The number of esters is 1. The third-order valence-electron chi connectivity index (χ3n) is 4.84. The number of nitriles is 1. The van der Waals surface area contributed by atoms with Crippen molar-refractivity contribution in [1.82, 2.24) is 9.97 Å². The standard InChI is InChI=1S/C20H23N3O2S/c1-5-25-20(24)16-11(2)17(22-12(16)3)18-13(4)26-19(23-18)15(10-21)14-8-6-7-9-14/h22H,5-9H2,1-4H3. The Morgan fingerprint density at radius 3 is 2.62 bits per heavy atom. The van der Waals surface area contributed by atoms with Crippen LogP contribution in [0.3, 0.4) is 0 Å². The summed E-state index contributed by atoms with van der Waals surface area (Å²) >= 11 is 1.54. The van der Waals surface area contributed by atoms with Crippen molar-refractivity contribution in [2.45, 2.75) is 53.4 Å². The van der Waals surface area contributed by atoms with E-state index < -0.39 is 0 Å². The molecule has 0 spiro atoms. The van der Waals surface area contributed by atoms with Crippen LogP contribution in [0.4, 0.5) is 0 Å². The number of H-pyrrole nitrogens is 1. The Labute approximate surface area is 157 Å². The van der Waals surface area contributed by atoms with E-state index in [0.717, 1.165) is 63.8 Å². The number of carbonyl (C=O) groups is 1. The lowest BCUT2D eigenvalue weighted by atomic mass is 10.1. The van der Waals surface area contributed by atoms with E-state index in [1.807, 2.05) is 20.8 Å². The van der Waals surface area contributed by atoms with Crippen LogP contribution in [0.5, 0.6) is 0 Å². The molecule has 6 heteroatoms. The van der Waals surface area contributed by atoms with Crippen molar-refractivity contribution >= 4 is 22.9 Å². The summed E-state index contributed by atoms with van der Waals surface area (Å²) < 4.78 is 5.17. The lowest BCUT2D eigenvalue weighted by Gasteiger charge is -2.02. The van der Waals surface area contributed by atoms with Crippen LogP contribution in [0.25, 0.3) is 17.0 Å². The van der Waals surface area contributed by atoms with Gasteiger partial charge < -0.3 is 9.72 Å². The Morgan fingerprint density at radius 2 is 2.00 bits per heavy atom. The third-order valence-corrected chi connectivity index (χ3v) is 5.83. The zero-order valence-electron chi connectivity index (χ0n) is 15.7. The van der Waals surface area contributed by atoms with Crippen LogP contribution in [0.15, 0.2) is 5.57 Å². The first-order valence-electron chi connectivity index (χ1n) is 8.94. The molecule has 1 fully saturated rings. The van der Waals surface area contributed by atoms with E-state index in [1.54, 1.807) is 18.3 Å². The average molecular weight is 369 g/mol. The molecule has 5 nitrogen and oxygen atoms in total. The van der Waals surface area contributed by atoms with Gasteiger partial charge in [0.05, 0.1) is 23.4 Å².